The summed E-state index contributed by atoms with van der Waals surface area (Å²) < 4.78 is 0. The van der Waals surface area contributed by atoms with E-state index in [0.29, 0.717) is 6.04 Å². The van der Waals surface area contributed by atoms with Crippen LogP contribution < -0.4 is 0 Å². The van der Waals surface area contributed by atoms with Gasteiger partial charge >= 0.3 is 0 Å². The molecule has 0 radical (unpaired) electrons. The first kappa shape index (κ1) is 12.9. The number of benzene rings is 1. The fraction of sp³-hybridized carbons (Fsp3) is 0.556. The van der Waals surface area contributed by atoms with E-state index in [4.69, 9.17) is 0 Å². The molecule has 2 aliphatic rings. The number of hydrogen-bond donors (Lipinski definition) is 0. The van der Waals surface area contributed by atoms with Crippen LogP contribution in [0.25, 0.3) is 0 Å². The highest BCUT2D eigenvalue weighted by Gasteiger charge is 2.28. The molecule has 1 aromatic rings. The van der Waals surface area contributed by atoms with Crippen LogP contribution in [-0.2, 0) is 6.42 Å². The van der Waals surface area contributed by atoms with Crippen molar-refractivity contribution in [1.29, 1.82) is 0 Å². The average molecular weight is 255 g/mol. The highest BCUT2D eigenvalue weighted by atomic mass is 15.1. The molecule has 0 aromatic heterocycles. The normalized spacial score (nSPS) is 24.4. The number of rotatable bonds is 2. The predicted octanol–water partition coefficient (Wildman–Crippen LogP) is 4.11. The first-order valence-corrected chi connectivity index (χ1v) is 7.70. The van der Waals surface area contributed by atoms with Crippen molar-refractivity contribution in [2.24, 2.45) is 0 Å². The molecule has 0 fully saturated rings. The van der Waals surface area contributed by atoms with Crippen LogP contribution in [0.2, 0.25) is 0 Å². The lowest BCUT2D eigenvalue weighted by molar-refractivity contribution is 0.242. The van der Waals surface area contributed by atoms with Crippen LogP contribution in [0.3, 0.4) is 0 Å². The molecule has 1 aromatic carbocycles. The van der Waals surface area contributed by atoms with Crippen molar-refractivity contribution in [3.63, 3.8) is 0 Å². The summed E-state index contributed by atoms with van der Waals surface area (Å²) >= 11 is 0. The van der Waals surface area contributed by atoms with Gasteiger partial charge in [-0.3, -0.25) is 4.90 Å². The molecule has 1 aliphatic heterocycles. The SMILES string of the molecule is Cc1ccc(C[C@H]2C3=C(CCCC3)CCN2C)cc1. The maximum Gasteiger partial charge on any atom is 0.0347 e. The van der Waals surface area contributed by atoms with Crippen molar-refractivity contribution in [1.82, 2.24) is 4.90 Å². The van der Waals surface area contributed by atoms with Gasteiger partial charge in [0, 0.05) is 12.6 Å². The van der Waals surface area contributed by atoms with Crippen molar-refractivity contribution in [2.75, 3.05) is 13.6 Å². The molecule has 0 unspecified atom stereocenters. The summed E-state index contributed by atoms with van der Waals surface area (Å²) in [6.07, 6.45) is 8.03. The maximum absolute atomic E-state index is 2.57. The quantitative estimate of drug-likeness (QED) is 0.719. The molecule has 0 N–H and O–H groups in total. The van der Waals surface area contributed by atoms with Crippen LogP contribution in [0.15, 0.2) is 35.4 Å². The standard InChI is InChI=1S/C18H25N/c1-14-7-9-15(10-8-14)13-18-17-6-4-3-5-16(17)11-12-19(18)2/h7-10,18H,3-6,11-13H2,1-2H3/t18-/m0/s1. The summed E-state index contributed by atoms with van der Waals surface area (Å²) in [5, 5.41) is 0. The van der Waals surface area contributed by atoms with Crippen molar-refractivity contribution in [3.05, 3.63) is 46.5 Å². The highest BCUT2D eigenvalue weighted by molar-refractivity contribution is 5.30. The molecule has 0 amide bonds. The van der Waals surface area contributed by atoms with E-state index in [1.54, 1.807) is 11.1 Å². The third-order valence-electron chi connectivity index (χ3n) is 4.88. The van der Waals surface area contributed by atoms with Gasteiger partial charge < -0.3 is 0 Å². The molecular formula is C18H25N. The van der Waals surface area contributed by atoms with Crippen molar-refractivity contribution >= 4 is 0 Å². The van der Waals surface area contributed by atoms with E-state index in [1.807, 2.05) is 0 Å². The molecule has 1 nitrogen and oxygen atoms in total. The zero-order valence-corrected chi connectivity index (χ0v) is 12.3. The molecule has 0 saturated heterocycles. The molecule has 102 valence electrons. The fourth-order valence-electron chi connectivity index (χ4n) is 3.64. The van der Waals surface area contributed by atoms with Crippen LogP contribution in [0.5, 0.6) is 0 Å². The first-order chi connectivity index (χ1) is 9.24. The minimum Gasteiger partial charge on any atom is -0.299 e. The van der Waals surface area contributed by atoms with E-state index in [-0.39, 0.29) is 0 Å². The van der Waals surface area contributed by atoms with Crippen molar-refractivity contribution < 1.29 is 0 Å². The van der Waals surface area contributed by atoms with Gasteiger partial charge in [0.05, 0.1) is 0 Å². The fourth-order valence-corrected chi connectivity index (χ4v) is 3.64. The molecule has 0 saturated carbocycles. The molecule has 1 heterocycles. The Morgan fingerprint density at radius 1 is 1.05 bits per heavy atom. The second-order valence-electron chi connectivity index (χ2n) is 6.27. The van der Waals surface area contributed by atoms with Crippen LogP contribution in [0.1, 0.15) is 43.2 Å². The molecule has 19 heavy (non-hydrogen) atoms. The molecule has 1 atom stereocenters. The highest BCUT2D eigenvalue weighted by Crippen LogP contribution is 2.35. The minimum atomic E-state index is 0.659. The Kier molecular flexibility index (Phi) is 3.74. The smallest absolute Gasteiger partial charge is 0.0347 e. The van der Waals surface area contributed by atoms with Crippen molar-refractivity contribution in [2.45, 2.75) is 51.5 Å². The predicted molar refractivity (Wildman–Crippen MR) is 81.4 cm³/mol. The summed E-state index contributed by atoms with van der Waals surface area (Å²) in [5.41, 5.74) is 6.42. The van der Waals surface area contributed by atoms with E-state index in [2.05, 4.69) is 43.1 Å². The van der Waals surface area contributed by atoms with Gasteiger partial charge in [-0.2, -0.15) is 0 Å². The minimum absolute atomic E-state index is 0.659. The Labute approximate surface area is 117 Å². The van der Waals surface area contributed by atoms with Gasteiger partial charge in [-0.15, -0.1) is 0 Å². The van der Waals surface area contributed by atoms with E-state index < -0.39 is 0 Å². The van der Waals surface area contributed by atoms with Crippen LogP contribution in [-0.4, -0.2) is 24.5 Å². The lowest BCUT2D eigenvalue weighted by atomic mass is 9.80. The molecular weight excluding hydrogens is 230 g/mol. The number of nitrogens with zero attached hydrogens (tertiary/aromatic N) is 1. The van der Waals surface area contributed by atoms with Gasteiger partial charge in [0.15, 0.2) is 0 Å². The second kappa shape index (κ2) is 5.50. The molecule has 1 aliphatic carbocycles. The Morgan fingerprint density at radius 2 is 1.79 bits per heavy atom. The van der Waals surface area contributed by atoms with Crippen LogP contribution >= 0.6 is 0 Å². The van der Waals surface area contributed by atoms with E-state index >= 15 is 0 Å². The molecule has 3 rings (SSSR count). The zero-order chi connectivity index (χ0) is 13.2. The maximum atomic E-state index is 2.57. The third-order valence-corrected chi connectivity index (χ3v) is 4.88. The Hall–Kier alpha value is -1.08. The van der Waals surface area contributed by atoms with Gasteiger partial charge in [0.25, 0.3) is 0 Å². The van der Waals surface area contributed by atoms with E-state index in [0.717, 1.165) is 0 Å². The van der Waals surface area contributed by atoms with Gasteiger partial charge in [-0.05, 0) is 58.1 Å². The summed E-state index contributed by atoms with van der Waals surface area (Å²) in [6, 6.07) is 9.76. The molecule has 0 bridgehead atoms. The van der Waals surface area contributed by atoms with Gasteiger partial charge in [0.2, 0.25) is 0 Å². The summed E-state index contributed by atoms with van der Waals surface area (Å²) in [6.45, 7) is 3.41. The Bertz CT molecular complexity index is 469. The number of likely N-dealkylation sites (N-methyl/N-ethyl adjacent to an activating group) is 1. The summed E-state index contributed by atoms with van der Waals surface area (Å²) in [4.78, 5) is 2.57. The van der Waals surface area contributed by atoms with Gasteiger partial charge in [-0.1, -0.05) is 41.0 Å². The Balaban J connectivity index is 1.82. The zero-order valence-electron chi connectivity index (χ0n) is 12.3. The largest absolute Gasteiger partial charge is 0.299 e. The van der Waals surface area contributed by atoms with Crippen molar-refractivity contribution in [3.8, 4) is 0 Å². The topological polar surface area (TPSA) is 3.24 Å². The lowest BCUT2D eigenvalue weighted by Gasteiger charge is -2.39. The van der Waals surface area contributed by atoms with Crippen LogP contribution in [0.4, 0.5) is 0 Å². The van der Waals surface area contributed by atoms with Gasteiger partial charge in [0.1, 0.15) is 0 Å². The van der Waals surface area contributed by atoms with E-state index in [9.17, 15) is 0 Å². The van der Waals surface area contributed by atoms with Crippen LogP contribution in [0, 0.1) is 6.92 Å². The average Bonchev–Trinajstić information content (AvgIpc) is 2.44. The third kappa shape index (κ3) is 2.76. The second-order valence-corrected chi connectivity index (χ2v) is 6.27. The molecule has 0 spiro atoms. The number of aryl methyl sites for hydroxylation is 1. The van der Waals surface area contributed by atoms with Gasteiger partial charge in [-0.25, -0.2) is 0 Å². The lowest BCUT2D eigenvalue weighted by Crippen LogP contribution is -2.40. The monoisotopic (exact) mass is 255 g/mol. The first-order valence-electron chi connectivity index (χ1n) is 7.70. The summed E-state index contributed by atoms with van der Waals surface area (Å²) in [5.74, 6) is 0. The molecule has 1 heteroatoms. The summed E-state index contributed by atoms with van der Waals surface area (Å²) in [7, 11) is 2.30. The number of hydrogen-bond acceptors (Lipinski definition) is 1. The Morgan fingerprint density at radius 3 is 2.58 bits per heavy atom. The van der Waals surface area contributed by atoms with E-state index in [1.165, 1.54) is 56.2 Å².